The summed E-state index contributed by atoms with van der Waals surface area (Å²) in [7, 11) is 0. The van der Waals surface area contributed by atoms with Gasteiger partial charge in [0.2, 0.25) is 5.89 Å². The highest BCUT2D eigenvalue weighted by molar-refractivity contribution is 5.85. The van der Waals surface area contributed by atoms with Crippen molar-refractivity contribution >= 4 is 16.9 Å². The summed E-state index contributed by atoms with van der Waals surface area (Å²) in [6, 6.07) is 9.54. The minimum absolute atomic E-state index is 0.0160. The second-order valence-corrected chi connectivity index (χ2v) is 4.54. The zero-order chi connectivity index (χ0) is 14.7. The fourth-order valence-corrected chi connectivity index (χ4v) is 2.05. The standard InChI is InChI=1S/C15H13N3O3/c1-10-17-18-13(21-10)9-20-14(19)8-12-5-2-4-11-6-3-7-16-15(11)12/h2-7H,8-9H2,1H3. The normalized spacial score (nSPS) is 10.7. The topological polar surface area (TPSA) is 78.1 Å². The number of pyridine rings is 1. The molecular formula is C15H13N3O3. The number of ether oxygens (including phenoxy) is 1. The Kier molecular flexibility index (Phi) is 3.59. The number of fused-ring (bicyclic) bond motifs is 1. The molecule has 0 spiro atoms. The molecule has 2 heterocycles. The van der Waals surface area contributed by atoms with E-state index in [0.717, 1.165) is 16.5 Å². The van der Waals surface area contributed by atoms with Gasteiger partial charge in [-0.3, -0.25) is 9.78 Å². The van der Waals surface area contributed by atoms with Crippen molar-refractivity contribution in [3.8, 4) is 0 Å². The summed E-state index contributed by atoms with van der Waals surface area (Å²) in [5.41, 5.74) is 1.64. The lowest BCUT2D eigenvalue weighted by molar-refractivity contribution is -0.144. The number of nitrogens with zero attached hydrogens (tertiary/aromatic N) is 3. The number of hydrogen-bond acceptors (Lipinski definition) is 6. The van der Waals surface area contributed by atoms with Crippen LogP contribution in [0, 0.1) is 6.92 Å². The summed E-state index contributed by atoms with van der Waals surface area (Å²) in [4.78, 5) is 16.2. The highest BCUT2D eigenvalue weighted by Crippen LogP contribution is 2.16. The van der Waals surface area contributed by atoms with Crippen LogP contribution in [0.25, 0.3) is 10.9 Å². The molecule has 0 aliphatic carbocycles. The first-order chi connectivity index (χ1) is 10.2. The van der Waals surface area contributed by atoms with Crippen molar-refractivity contribution in [3.63, 3.8) is 0 Å². The molecule has 0 saturated heterocycles. The van der Waals surface area contributed by atoms with Crippen LogP contribution in [0.15, 0.2) is 40.9 Å². The molecule has 2 aromatic heterocycles. The van der Waals surface area contributed by atoms with Crippen LogP contribution in [-0.4, -0.2) is 21.2 Å². The van der Waals surface area contributed by atoms with E-state index in [4.69, 9.17) is 9.15 Å². The molecule has 0 aliphatic heterocycles. The lowest BCUT2D eigenvalue weighted by atomic mass is 10.1. The third kappa shape index (κ3) is 3.05. The van der Waals surface area contributed by atoms with Crippen molar-refractivity contribution in [3.05, 3.63) is 53.9 Å². The summed E-state index contributed by atoms with van der Waals surface area (Å²) < 4.78 is 10.3. The van der Waals surface area contributed by atoms with E-state index in [1.165, 1.54) is 0 Å². The molecule has 0 atom stereocenters. The fraction of sp³-hybridized carbons (Fsp3) is 0.200. The van der Waals surface area contributed by atoms with Gasteiger partial charge in [-0.1, -0.05) is 24.3 Å². The van der Waals surface area contributed by atoms with E-state index >= 15 is 0 Å². The Hall–Kier alpha value is -2.76. The summed E-state index contributed by atoms with van der Waals surface area (Å²) in [6.45, 7) is 1.66. The Morgan fingerprint density at radius 3 is 2.90 bits per heavy atom. The number of aromatic nitrogens is 3. The first-order valence-corrected chi connectivity index (χ1v) is 6.49. The van der Waals surface area contributed by atoms with E-state index in [0.29, 0.717) is 5.89 Å². The number of rotatable bonds is 4. The lowest BCUT2D eigenvalue weighted by Crippen LogP contribution is -2.08. The molecule has 3 aromatic rings. The van der Waals surface area contributed by atoms with E-state index in [1.807, 2.05) is 30.3 Å². The SMILES string of the molecule is Cc1nnc(COC(=O)Cc2cccc3cccnc23)o1. The molecule has 3 rings (SSSR count). The van der Waals surface area contributed by atoms with E-state index in [9.17, 15) is 4.79 Å². The van der Waals surface area contributed by atoms with Gasteiger partial charge in [0.15, 0.2) is 6.61 Å². The van der Waals surface area contributed by atoms with Crippen LogP contribution in [-0.2, 0) is 22.6 Å². The number of benzene rings is 1. The van der Waals surface area contributed by atoms with Crippen LogP contribution in [0.3, 0.4) is 0 Å². The van der Waals surface area contributed by atoms with E-state index in [2.05, 4.69) is 15.2 Å². The molecule has 0 bridgehead atoms. The molecule has 6 nitrogen and oxygen atoms in total. The molecule has 0 saturated carbocycles. The van der Waals surface area contributed by atoms with Crippen LogP contribution in [0.4, 0.5) is 0 Å². The average molecular weight is 283 g/mol. The van der Waals surface area contributed by atoms with Crippen LogP contribution >= 0.6 is 0 Å². The Morgan fingerprint density at radius 1 is 1.24 bits per heavy atom. The minimum Gasteiger partial charge on any atom is -0.455 e. The van der Waals surface area contributed by atoms with E-state index in [1.54, 1.807) is 13.1 Å². The monoisotopic (exact) mass is 283 g/mol. The number of para-hydroxylation sites is 1. The van der Waals surface area contributed by atoms with Crippen LogP contribution in [0.1, 0.15) is 17.3 Å². The van der Waals surface area contributed by atoms with Crippen molar-refractivity contribution in [1.82, 2.24) is 15.2 Å². The highest BCUT2D eigenvalue weighted by atomic mass is 16.5. The Morgan fingerprint density at radius 2 is 2.10 bits per heavy atom. The average Bonchev–Trinajstić information content (AvgIpc) is 2.91. The molecule has 0 radical (unpaired) electrons. The van der Waals surface area contributed by atoms with Crippen LogP contribution < -0.4 is 0 Å². The number of carbonyl (C=O) groups excluding carboxylic acids is 1. The summed E-state index contributed by atoms with van der Waals surface area (Å²) in [6.07, 6.45) is 1.86. The van der Waals surface area contributed by atoms with Gasteiger partial charge in [0.1, 0.15) is 0 Å². The molecule has 0 fully saturated rings. The first-order valence-electron chi connectivity index (χ1n) is 6.49. The lowest BCUT2D eigenvalue weighted by Gasteiger charge is -2.05. The summed E-state index contributed by atoms with van der Waals surface area (Å²) in [5, 5.41) is 8.44. The van der Waals surface area contributed by atoms with Crippen LogP contribution in [0.2, 0.25) is 0 Å². The van der Waals surface area contributed by atoms with Crippen molar-refractivity contribution in [2.24, 2.45) is 0 Å². The number of esters is 1. The van der Waals surface area contributed by atoms with Gasteiger partial charge in [0.05, 0.1) is 11.9 Å². The maximum absolute atomic E-state index is 11.9. The smallest absolute Gasteiger partial charge is 0.310 e. The van der Waals surface area contributed by atoms with Gasteiger partial charge in [0.25, 0.3) is 5.89 Å². The zero-order valence-corrected chi connectivity index (χ0v) is 11.4. The third-order valence-corrected chi connectivity index (χ3v) is 2.98. The molecule has 0 aliphatic rings. The van der Waals surface area contributed by atoms with Gasteiger partial charge in [0, 0.05) is 18.5 Å². The van der Waals surface area contributed by atoms with Gasteiger partial charge in [-0.05, 0) is 11.6 Å². The fourth-order valence-electron chi connectivity index (χ4n) is 2.05. The van der Waals surface area contributed by atoms with Crippen molar-refractivity contribution in [2.75, 3.05) is 0 Å². The van der Waals surface area contributed by atoms with E-state index in [-0.39, 0.29) is 24.9 Å². The maximum Gasteiger partial charge on any atom is 0.310 e. The second kappa shape index (κ2) is 5.70. The van der Waals surface area contributed by atoms with Gasteiger partial charge in [-0.25, -0.2) is 0 Å². The van der Waals surface area contributed by atoms with Gasteiger partial charge in [-0.15, -0.1) is 10.2 Å². The Labute approximate surface area is 120 Å². The molecule has 21 heavy (non-hydrogen) atoms. The predicted molar refractivity (Wildman–Crippen MR) is 74.3 cm³/mol. The number of aryl methyl sites for hydroxylation is 1. The minimum atomic E-state index is -0.357. The first kappa shape index (κ1) is 13.2. The quantitative estimate of drug-likeness (QED) is 0.683. The van der Waals surface area contributed by atoms with Crippen molar-refractivity contribution < 1.29 is 13.9 Å². The molecular weight excluding hydrogens is 270 g/mol. The molecule has 0 unspecified atom stereocenters. The largest absolute Gasteiger partial charge is 0.455 e. The zero-order valence-electron chi connectivity index (χ0n) is 11.4. The molecule has 0 amide bonds. The molecule has 106 valence electrons. The maximum atomic E-state index is 11.9. The van der Waals surface area contributed by atoms with Gasteiger partial charge >= 0.3 is 5.97 Å². The highest BCUT2D eigenvalue weighted by Gasteiger charge is 2.11. The van der Waals surface area contributed by atoms with Crippen LogP contribution in [0.5, 0.6) is 0 Å². The molecule has 0 N–H and O–H groups in total. The number of carbonyl (C=O) groups is 1. The van der Waals surface area contributed by atoms with E-state index < -0.39 is 0 Å². The summed E-state index contributed by atoms with van der Waals surface area (Å²) >= 11 is 0. The van der Waals surface area contributed by atoms with Crippen molar-refractivity contribution in [1.29, 1.82) is 0 Å². The molecule has 6 heteroatoms. The third-order valence-electron chi connectivity index (χ3n) is 2.98. The van der Waals surface area contributed by atoms with Crippen molar-refractivity contribution in [2.45, 2.75) is 20.0 Å². The number of hydrogen-bond donors (Lipinski definition) is 0. The molecule has 1 aromatic carbocycles. The summed E-state index contributed by atoms with van der Waals surface area (Å²) in [5.74, 6) is 0.375. The predicted octanol–water partition coefficient (Wildman–Crippen LogP) is 2.21. The Balaban J connectivity index is 1.69. The Bertz CT molecular complexity index is 777. The second-order valence-electron chi connectivity index (χ2n) is 4.54. The van der Waals surface area contributed by atoms with Gasteiger partial charge < -0.3 is 9.15 Å². The van der Waals surface area contributed by atoms with Gasteiger partial charge in [-0.2, -0.15) is 0 Å².